The summed E-state index contributed by atoms with van der Waals surface area (Å²) in [5.74, 6) is -0.695. The Morgan fingerprint density at radius 1 is 1.16 bits per heavy atom. The molecule has 0 bridgehead atoms. The smallest absolute Gasteiger partial charge is 0.255 e. The lowest BCUT2D eigenvalue weighted by atomic mass is 10.0. The third kappa shape index (κ3) is 4.07. The molecule has 0 aliphatic heterocycles. The average molecular weight is 430 g/mol. The zero-order chi connectivity index (χ0) is 22.8. The number of halogens is 1. The number of benzene rings is 2. The van der Waals surface area contributed by atoms with Gasteiger partial charge in [-0.15, -0.1) is 0 Å². The molecule has 0 saturated heterocycles. The van der Waals surface area contributed by atoms with Crippen molar-refractivity contribution in [2.24, 2.45) is 0 Å². The molecule has 0 aliphatic carbocycles. The maximum atomic E-state index is 13.6. The minimum absolute atomic E-state index is 0.0735. The van der Waals surface area contributed by atoms with Gasteiger partial charge in [-0.25, -0.2) is 14.4 Å². The molecule has 8 heteroatoms. The van der Waals surface area contributed by atoms with Crippen molar-refractivity contribution >= 4 is 28.5 Å². The number of amides is 1. The number of rotatable bonds is 6. The zero-order valence-electron chi connectivity index (χ0n) is 18.0. The predicted molar refractivity (Wildman–Crippen MR) is 123 cm³/mol. The predicted octanol–water partition coefficient (Wildman–Crippen LogP) is 4.35. The number of carbonyl (C=O) groups is 1. The van der Waals surface area contributed by atoms with E-state index < -0.39 is 5.82 Å². The number of aromatic amines is 1. The summed E-state index contributed by atoms with van der Waals surface area (Å²) in [6, 6.07) is 11.9. The summed E-state index contributed by atoms with van der Waals surface area (Å²) in [6.07, 6.45) is 3.02. The van der Waals surface area contributed by atoms with Gasteiger partial charge in [-0.2, -0.15) is 0 Å². The maximum Gasteiger partial charge on any atom is 0.255 e. The van der Waals surface area contributed by atoms with E-state index in [9.17, 15) is 9.18 Å². The summed E-state index contributed by atoms with van der Waals surface area (Å²) in [5.41, 5.74) is 4.61. The standard InChI is InChI=1S/C24H23FN6O/c1-13-4-6-15(7-5-13)14(2)30-24(32)18-11-28-23-22(18)31-20(12-29-23)21(26)17-9-8-16(25)10-19(17)27-3/h4-12,14,26-27H,1-3H3,(H,28,29)(H,30,32). The van der Waals surface area contributed by atoms with Gasteiger partial charge in [0.15, 0.2) is 5.65 Å². The van der Waals surface area contributed by atoms with Gasteiger partial charge in [-0.05, 0) is 37.6 Å². The average Bonchev–Trinajstić information content (AvgIpc) is 3.22. The van der Waals surface area contributed by atoms with Crippen LogP contribution in [0.2, 0.25) is 0 Å². The molecule has 162 valence electrons. The van der Waals surface area contributed by atoms with Crippen LogP contribution < -0.4 is 10.6 Å². The molecule has 1 atom stereocenters. The van der Waals surface area contributed by atoms with Crippen molar-refractivity contribution in [2.75, 3.05) is 12.4 Å². The van der Waals surface area contributed by atoms with Crippen molar-refractivity contribution in [1.29, 1.82) is 5.41 Å². The Bertz CT molecular complexity index is 1310. The van der Waals surface area contributed by atoms with Crippen LogP contribution in [0.1, 0.15) is 45.7 Å². The van der Waals surface area contributed by atoms with Gasteiger partial charge in [0.05, 0.1) is 23.5 Å². The lowest BCUT2D eigenvalue weighted by molar-refractivity contribution is 0.0941. The van der Waals surface area contributed by atoms with Gasteiger partial charge >= 0.3 is 0 Å². The van der Waals surface area contributed by atoms with Gasteiger partial charge < -0.3 is 15.6 Å². The lowest BCUT2D eigenvalue weighted by Crippen LogP contribution is -2.26. The van der Waals surface area contributed by atoms with Gasteiger partial charge in [-0.3, -0.25) is 10.2 Å². The summed E-state index contributed by atoms with van der Waals surface area (Å²) in [5, 5.41) is 14.4. The van der Waals surface area contributed by atoms with E-state index in [0.29, 0.717) is 28.0 Å². The van der Waals surface area contributed by atoms with E-state index in [2.05, 4.69) is 25.6 Å². The first-order valence-corrected chi connectivity index (χ1v) is 10.2. The van der Waals surface area contributed by atoms with E-state index >= 15 is 0 Å². The Balaban J connectivity index is 1.63. The fraction of sp³-hybridized carbons (Fsp3) is 0.167. The van der Waals surface area contributed by atoms with Crippen molar-refractivity contribution in [2.45, 2.75) is 19.9 Å². The number of aromatic nitrogens is 3. The van der Waals surface area contributed by atoms with E-state index in [4.69, 9.17) is 5.41 Å². The molecule has 0 spiro atoms. The van der Waals surface area contributed by atoms with Gasteiger partial charge in [0.1, 0.15) is 17.0 Å². The molecule has 0 radical (unpaired) electrons. The summed E-state index contributed by atoms with van der Waals surface area (Å²) in [7, 11) is 1.66. The van der Waals surface area contributed by atoms with Crippen molar-refractivity contribution in [3.05, 3.63) is 88.6 Å². The summed E-state index contributed by atoms with van der Waals surface area (Å²) >= 11 is 0. The largest absolute Gasteiger partial charge is 0.387 e. The van der Waals surface area contributed by atoms with Crippen LogP contribution in [0.4, 0.5) is 10.1 Å². The number of anilines is 1. The van der Waals surface area contributed by atoms with Crippen LogP contribution in [0.5, 0.6) is 0 Å². The highest BCUT2D eigenvalue weighted by molar-refractivity contribution is 6.14. The minimum atomic E-state index is -0.403. The normalized spacial score (nSPS) is 11.9. The van der Waals surface area contributed by atoms with Crippen molar-refractivity contribution in [3.8, 4) is 0 Å². The second-order valence-corrected chi connectivity index (χ2v) is 7.58. The number of nitrogens with one attached hydrogen (secondary N) is 4. The number of carbonyl (C=O) groups excluding carboxylic acids is 1. The first kappa shape index (κ1) is 21.2. The number of aryl methyl sites for hydroxylation is 1. The second kappa shape index (κ2) is 8.58. The van der Waals surface area contributed by atoms with Crippen LogP contribution >= 0.6 is 0 Å². The molecule has 32 heavy (non-hydrogen) atoms. The SMILES string of the molecule is CNc1cc(F)ccc1C(=N)c1cnc2[nH]cc(C(=O)NC(C)c3ccc(C)cc3)c2n1. The van der Waals surface area contributed by atoms with E-state index in [1.54, 1.807) is 13.2 Å². The third-order valence-electron chi connectivity index (χ3n) is 5.33. The fourth-order valence-electron chi connectivity index (χ4n) is 3.48. The molecule has 4 rings (SSSR count). The van der Waals surface area contributed by atoms with E-state index in [1.807, 2.05) is 38.1 Å². The fourth-order valence-corrected chi connectivity index (χ4v) is 3.48. The highest BCUT2D eigenvalue weighted by Gasteiger charge is 2.19. The molecule has 1 unspecified atom stereocenters. The maximum absolute atomic E-state index is 13.6. The van der Waals surface area contributed by atoms with Crippen LogP contribution in [0.15, 0.2) is 54.9 Å². The van der Waals surface area contributed by atoms with Crippen LogP contribution in [0, 0.1) is 18.2 Å². The number of hydrogen-bond acceptors (Lipinski definition) is 5. The van der Waals surface area contributed by atoms with E-state index in [0.717, 1.165) is 11.1 Å². The number of nitrogens with zero attached hydrogens (tertiary/aromatic N) is 2. The number of fused-ring (bicyclic) bond motifs is 1. The Labute approximate surface area is 184 Å². The van der Waals surface area contributed by atoms with Gasteiger partial charge in [0.25, 0.3) is 5.91 Å². The number of hydrogen-bond donors (Lipinski definition) is 4. The van der Waals surface area contributed by atoms with Gasteiger partial charge in [0.2, 0.25) is 0 Å². The topological polar surface area (TPSA) is 107 Å². The second-order valence-electron chi connectivity index (χ2n) is 7.58. The first-order chi connectivity index (χ1) is 15.4. The monoisotopic (exact) mass is 430 g/mol. The third-order valence-corrected chi connectivity index (χ3v) is 5.33. The highest BCUT2D eigenvalue weighted by atomic mass is 19.1. The Morgan fingerprint density at radius 3 is 2.62 bits per heavy atom. The summed E-state index contributed by atoms with van der Waals surface area (Å²) in [6.45, 7) is 3.93. The van der Waals surface area contributed by atoms with Gasteiger partial charge in [-0.1, -0.05) is 29.8 Å². The molecule has 0 saturated carbocycles. The molecular weight excluding hydrogens is 407 g/mol. The molecule has 2 heterocycles. The Kier molecular flexibility index (Phi) is 5.68. The summed E-state index contributed by atoms with van der Waals surface area (Å²) in [4.78, 5) is 24.8. The molecule has 2 aromatic carbocycles. The molecule has 0 fully saturated rings. The minimum Gasteiger partial charge on any atom is -0.387 e. The molecule has 4 N–H and O–H groups in total. The molecule has 1 amide bonds. The molecular formula is C24H23FN6O. The lowest BCUT2D eigenvalue weighted by Gasteiger charge is -2.14. The van der Waals surface area contributed by atoms with Gasteiger partial charge in [0, 0.05) is 24.5 Å². The van der Waals surface area contributed by atoms with Crippen molar-refractivity contribution in [3.63, 3.8) is 0 Å². The molecule has 7 nitrogen and oxygen atoms in total. The van der Waals surface area contributed by atoms with E-state index in [1.165, 1.54) is 24.4 Å². The van der Waals surface area contributed by atoms with Crippen LogP contribution in [-0.2, 0) is 0 Å². The Morgan fingerprint density at radius 2 is 1.91 bits per heavy atom. The van der Waals surface area contributed by atoms with Crippen LogP contribution in [-0.4, -0.2) is 33.6 Å². The van der Waals surface area contributed by atoms with Crippen molar-refractivity contribution < 1.29 is 9.18 Å². The van der Waals surface area contributed by atoms with Crippen LogP contribution in [0.3, 0.4) is 0 Å². The number of H-pyrrole nitrogens is 1. The molecule has 4 aromatic rings. The highest BCUT2D eigenvalue weighted by Crippen LogP contribution is 2.22. The zero-order valence-corrected chi connectivity index (χ0v) is 18.0. The molecule has 0 aliphatic rings. The summed E-state index contributed by atoms with van der Waals surface area (Å²) < 4.78 is 13.6. The van der Waals surface area contributed by atoms with Crippen LogP contribution in [0.25, 0.3) is 11.2 Å². The Hall–Kier alpha value is -4.07. The quantitative estimate of drug-likeness (QED) is 0.341. The van der Waals surface area contributed by atoms with Crippen molar-refractivity contribution in [1.82, 2.24) is 20.3 Å². The molecule has 2 aromatic heterocycles. The first-order valence-electron chi connectivity index (χ1n) is 10.2. The van der Waals surface area contributed by atoms with E-state index in [-0.39, 0.29) is 23.4 Å².